The summed E-state index contributed by atoms with van der Waals surface area (Å²) in [6.07, 6.45) is 0. The molecule has 0 spiro atoms. The van der Waals surface area contributed by atoms with Gasteiger partial charge in [-0.3, -0.25) is 4.79 Å². The van der Waals surface area contributed by atoms with Crippen molar-refractivity contribution in [2.24, 2.45) is 0 Å². The number of nitrogens with one attached hydrogen (secondary N) is 1. The Kier molecular flexibility index (Phi) is 5.14. The first-order valence-corrected chi connectivity index (χ1v) is 10.5. The summed E-state index contributed by atoms with van der Waals surface area (Å²) in [7, 11) is -3.74. The molecule has 130 valence electrons. The quantitative estimate of drug-likeness (QED) is 0.643. The summed E-state index contributed by atoms with van der Waals surface area (Å²) < 4.78 is 40.4. The normalized spacial score (nSPS) is 11.6. The van der Waals surface area contributed by atoms with Crippen LogP contribution in [0.4, 0.5) is 4.39 Å². The van der Waals surface area contributed by atoms with Gasteiger partial charge in [0.25, 0.3) is 0 Å². The van der Waals surface area contributed by atoms with E-state index >= 15 is 0 Å². The minimum absolute atomic E-state index is 0.0119. The van der Waals surface area contributed by atoms with E-state index in [-0.39, 0.29) is 22.8 Å². The van der Waals surface area contributed by atoms with Gasteiger partial charge >= 0.3 is 0 Å². The van der Waals surface area contributed by atoms with Crippen LogP contribution in [0.2, 0.25) is 0 Å². The van der Waals surface area contributed by atoms with Crippen LogP contribution in [0.25, 0.3) is 0 Å². The Hall–Kier alpha value is -1.87. The van der Waals surface area contributed by atoms with E-state index in [1.807, 2.05) is 11.4 Å². The Morgan fingerprint density at radius 2 is 1.96 bits per heavy atom. The highest BCUT2D eigenvalue weighted by molar-refractivity contribution is 7.89. The highest BCUT2D eigenvalue weighted by Crippen LogP contribution is 2.23. The fourth-order valence-corrected chi connectivity index (χ4v) is 4.98. The molecule has 0 amide bonds. The van der Waals surface area contributed by atoms with Crippen molar-refractivity contribution in [2.75, 3.05) is 0 Å². The molecule has 0 aliphatic rings. The second-order valence-electron chi connectivity index (χ2n) is 5.31. The Morgan fingerprint density at radius 3 is 2.64 bits per heavy atom. The van der Waals surface area contributed by atoms with E-state index in [1.165, 1.54) is 41.7 Å². The van der Waals surface area contributed by atoms with Crippen LogP contribution in [0.1, 0.15) is 25.0 Å². The molecule has 0 atom stereocenters. The fourth-order valence-electron chi connectivity index (χ4n) is 2.16. The van der Waals surface area contributed by atoms with Crippen LogP contribution in [-0.2, 0) is 16.6 Å². The summed E-state index contributed by atoms with van der Waals surface area (Å²) >= 11 is 2.62. The Labute approximate surface area is 153 Å². The molecule has 0 saturated heterocycles. The van der Waals surface area contributed by atoms with Crippen molar-refractivity contribution in [3.8, 4) is 0 Å². The molecule has 3 aromatic rings. The average Bonchev–Trinajstić information content (AvgIpc) is 3.26. The third kappa shape index (κ3) is 4.04. The van der Waals surface area contributed by atoms with Crippen molar-refractivity contribution >= 4 is 38.5 Å². The molecular weight excluding hydrogens is 381 g/mol. The number of hydrogen-bond acceptors (Lipinski definition) is 5. The maximum Gasteiger partial charge on any atom is 0.240 e. The molecule has 0 aliphatic carbocycles. The van der Waals surface area contributed by atoms with Crippen LogP contribution in [0, 0.1) is 12.7 Å². The van der Waals surface area contributed by atoms with Gasteiger partial charge in [0, 0.05) is 11.4 Å². The molecule has 2 heterocycles. The molecule has 0 fully saturated rings. The monoisotopic (exact) mass is 395 g/mol. The van der Waals surface area contributed by atoms with Crippen molar-refractivity contribution in [3.63, 3.8) is 0 Å². The topological polar surface area (TPSA) is 63.2 Å². The molecule has 4 nitrogen and oxygen atoms in total. The molecule has 1 N–H and O–H groups in total. The summed E-state index contributed by atoms with van der Waals surface area (Å²) in [5.41, 5.74) is 0.267. The van der Waals surface area contributed by atoms with Gasteiger partial charge in [-0.15, -0.1) is 22.7 Å². The molecular formula is C17H14FNO3S3. The SMILES string of the molecule is Cc1cc(S(=O)(=O)NCc2ccc(C(=O)c3cccs3)s2)ccc1F. The van der Waals surface area contributed by atoms with Crippen LogP contribution in [0.5, 0.6) is 0 Å². The van der Waals surface area contributed by atoms with Crippen LogP contribution in [0.15, 0.2) is 52.7 Å². The number of aryl methyl sites for hydroxylation is 1. The number of benzene rings is 1. The smallest absolute Gasteiger partial charge is 0.240 e. The van der Waals surface area contributed by atoms with Gasteiger partial charge in [-0.1, -0.05) is 6.07 Å². The molecule has 0 aliphatic heterocycles. The fraction of sp³-hybridized carbons (Fsp3) is 0.118. The zero-order valence-corrected chi connectivity index (χ0v) is 15.6. The number of ketones is 1. The second-order valence-corrected chi connectivity index (χ2v) is 9.19. The van der Waals surface area contributed by atoms with Crippen molar-refractivity contribution in [2.45, 2.75) is 18.4 Å². The van der Waals surface area contributed by atoms with Crippen molar-refractivity contribution < 1.29 is 17.6 Å². The molecule has 0 unspecified atom stereocenters. The zero-order chi connectivity index (χ0) is 18.0. The molecule has 0 radical (unpaired) electrons. The summed E-state index contributed by atoms with van der Waals surface area (Å²) in [5, 5.41) is 1.83. The largest absolute Gasteiger partial charge is 0.287 e. The third-order valence-corrected chi connectivity index (χ3v) is 6.86. The standard InChI is InChI=1S/C17H14FNO3S3/c1-11-9-13(5-6-14(11)18)25(21,22)19-10-12-4-7-16(24-12)17(20)15-3-2-8-23-15/h2-9,19H,10H2,1H3. The second kappa shape index (κ2) is 7.17. The van der Waals surface area contributed by atoms with E-state index in [0.29, 0.717) is 9.75 Å². The van der Waals surface area contributed by atoms with Crippen LogP contribution in [0.3, 0.4) is 0 Å². The molecule has 8 heteroatoms. The molecule has 0 bridgehead atoms. The first-order chi connectivity index (χ1) is 11.9. The van der Waals surface area contributed by atoms with Crippen LogP contribution < -0.4 is 4.72 Å². The molecule has 0 saturated carbocycles. The predicted octanol–water partition coefficient (Wildman–Crippen LogP) is 3.97. The minimum atomic E-state index is -3.74. The number of carbonyl (C=O) groups excluding carboxylic acids is 1. The van der Waals surface area contributed by atoms with Crippen molar-refractivity contribution in [3.05, 3.63) is 73.9 Å². The van der Waals surface area contributed by atoms with Crippen molar-refractivity contribution in [1.82, 2.24) is 4.72 Å². The van der Waals surface area contributed by atoms with Gasteiger partial charge in [-0.05, 0) is 54.3 Å². The lowest BCUT2D eigenvalue weighted by molar-refractivity contribution is 0.104. The van der Waals surface area contributed by atoms with Gasteiger partial charge in [-0.2, -0.15) is 0 Å². The van der Waals surface area contributed by atoms with Gasteiger partial charge in [0.2, 0.25) is 15.8 Å². The number of hydrogen-bond donors (Lipinski definition) is 1. The minimum Gasteiger partial charge on any atom is -0.287 e. The predicted molar refractivity (Wildman–Crippen MR) is 97.2 cm³/mol. The third-order valence-electron chi connectivity index (χ3n) is 3.51. The summed E-state index contributed by atoms with van der Waals surface area (Å²) in [4.78, 5) is 14.2. The first kappa shape index (κ1) is 17.9. The van der Waals surface area contributed by atoms with Gasteiger partial charge in [0.15, 0.2) is 0 Å². The number of halogens is 1. The van der Waals surface area contributed by atoms with Crippen LogP contribution in [-0.4, -0.2) is 14.2 Å². The number of thiophene rings is 2. The molecule has 1 aromatic carbocycles. The van der Waals surface area contributed by atoms with E-state index in [4.69, 9.17) is 0 Å². The zero-order valence-electron chi connectivity index (χ0n) is 13.2. The van der Waals surface area contributed by atoms with Gasteiger partial charge in [0.05, 0.1) is 14.6 Å². The Morgan fingerprint density at radius 1 is 1.16 bits per heavy atom. The van der Waals surface area contributed by atoms with E-state index < -0.39 is 15.8 Å². The molecule has 3 rings (SSSR count). The maximum atomic E-state index is 13.3. The maximum absolute atomic E-state index is 13.3. The van der Waals surface area contributed by atoms with E-state index in [9.17, 15) is 17.6 Å². The molecule has 2 aromatic heterocycles. The van der Waals surface area contributed by atoms with Gasteiger partial charge < -0.3 is 0 Å². The summed E-state index contributed by atoms with van der Waals surface area (Å²) in [5.74, 6) is -0.516. The number of carbonyl (C=O) groups is 1. The summed E-state index contributed by atoms with van der Waals surface area (Å²) in [6, 6.07) is 10.6. The lowest BCUT2D eigenvalue weighted by Crippen LogP contribution is -2.22. The number of sulfonamides is 1. The van der Waals surface area contributed by atoms with Crippen LogP contribution >= 0.6 is 22.7 Å². The average molecular weight is 396 g/mol. The Bertz CT molecular complexity index is 1010. The van der Waals surface area contributed by atoms with E-state index in [2.05, 4.69) is 4.72 Å². The van der Waals surface area contributed by atoms with Crippen molar-refractivity contribution in [1.29, 1.82) is 0 Å². The van der Waals surface area contributed by atoms with Gasteiger partial charge in [0.1, 0.15) is 5.82 Å². The van der Waals surface area contributed by atoms with Gasteiger partial charge in [-0.25, -0.2) is 17.5 Å². The van der Waals surface area contributed by atoms with E-state index in [0.717, 1.165) is 10.9 Å². The van der Waals surface area contributed by atoms with E-state index in [1.54, 1.807) is 18.2 Å². The highest BCUT2D eigenvalue weighted by Gasteiger charge is 2.17. The number of rotatable bonds is 6. The first-order valence-electron chi connectivity index (χ1n) is 7.29. The Balaban J connectivity index is 1.71. The highest BCUT2D eigenvalue weighted by atomic mass is 32.2. The summed E-state index contributed by atoms with van der Waals surface area (Å²) in [6.45, 7) is 1.58. The lowest BCUT2D eigenvalue weighted by Gasteiger charge is -2.07. The molecule has 25 heavy (non-hydrogen) atoms. The lowest BCUT2D eigenvalue weighted by atomic mass is 10.2.